The van der Waals surface area contributed by atoms with Gasteiger partial charge in [-0.25, -0.2) is 5.43 Å². The van der Waals surface area contributed by atoms with Gasteiger partial charge in [-0.15, -0.1) is 0 Å². The number of nitro groups is 1. The zero-order valence-corrected chi connectivity index (χ0v) is 11.6. The smallest absolute Gasteiger partial charge is 0.273 e. The highest BCUT2D eigenvalue weighted by Gasteiger charge is 2.54. The van der Waals surface area contributed by atoms with Crippen LogP contribution >= 0.6 is 0 Å². The van der Waals surface area contributed by atoms with Crippen LogP contribution in [0, 0.1) is 27.9 Å². The van der Waals surface area contributed by atoms with Gasteiger partial charge in [0.2, 0.25) is 5.91 Å². The Bertz CT molecular complexity index is 588. The average molecular weight is 287 g/mol. The molecule has 2 saturated carbocycles. The monoisotopic (exact) mass is 287 g/mol. The molecule has 110 valence electrons. The molecule has 1 N–H and O–H groups in total. The summed E-state index contributed by atoms with van der Waals surface area (Å²) in [7, 11) is 0. The maximum absolute atomic E-state index is 12.0. The number of hydrazone groups is 1. The van der Waals surface area contributed by atoms with Gasteiger partial charge in [0.15, 0.2) is 0 Å². The number of hydrogen-bond donors (Lipinski definition) is 1. The van der Waals surface area contributed by atoms with E-state index in [-0.39, 0.29) is 17.5 Å². The van der Waals surface area contributed by atoms with Crippen molar-refractivity contribution in [1.29, 1.82) is 0 Å². The van der Waals surface area contributed by atoms with E-state index in [1.54, 1.807) is 18.2 Å². The van der Waals surface area contributed by atoms with Gasteiger partial charge in [0, 0.05) is 12.0 Å². The number of nitrogens with zero attached hydrogens (tertiary/aromatic N) is 2. The normalized spacial score (nSPS) is 27.1. The maximum Gasteiger partial charge on any atom is 0.278 e. The van der Waals surface area contributed by atoms with E-state index >= 15 is 0 Å². The third-order valence-corrected chi connectivity index (χ3v) is 4.47. The van der Waals surface area contributed by atoms with E-state index < -0.39 is 4.92 Å². The molecule has 0 unspecified atom stereocenters. The number of carbonyl (C=O) groups is 1. The van der Waals surface area contributed by atoms with Crippen molar-refractivity contribution in [3.05, 3.63) is 39.9 Å². The fourth-order valence-corrected chi connectivity index (χ4v) is 3.38. The molecular weight excluding hydrogens is 270 g/mol. The Morgan fingerprint density at radius 2 is 1.95 bits per heavy atom. The lowest BCUT2D eigenvalue weighted by Crippen LogP contribution is -2.20. The van der Waals surface area contributed by atoms with Crippen molar-refractivity contribution in [2.75, 3.05) is 0 Å². The molecule has 1 aromatic carbocycles. The number of rotatable bonds is 4. The van der Waals surface area contributed by atoms with Gasteiger partial charge in [-0.3, -0.25) is 14.9 Å². The van der Waals surface area contributed by atoms with Gasteiger partial charge in [0.05, 0.1) is 16.7 Å². The van der Waals surface area contributed by atoms with Crippen molar-refractivity contribution < 1.29 is 9.72 Å². The molecule has 0 saturated heterocycles. The molecule has 6 heteroatoms. The molecule has 0 heterocycles. The van der Waals surface area contributed by atoms with Crippen LogP contribution in [0.3, 0.4) is 0 Å². The number of hydrogen-bond acceptors (Lipinski definition) is 4. The lowest BCUT2D eigenvalue weighted by molar-refractivity contribution is -0.385. The summed E-state index contributed by atoms with van der Waals surface area (Å²) in [5, 5.41) is 14.7. The number of fused-ring (bicyclic) bond motifs is 1. The summed E-state index contributed by atoms with van der Waals surface area (Å²) in [5.74, 6) is 1.09. The molecule has 21 heavy (non-hydrogen) atoms. The van der Waals surface area contributed by atoms with Gasteiger partial charge in [-0.1, -0.05) is 25.0 Å². The first-order chi connectivity index (χ1) is 10.2. The molecule has 2 aliphatic rings. The Labute approximate surface area is 122 Å². The van der Waals surface area contributed by atoms with E-state index in [0.717, 1.165) is 12.8 Å². The second kappa shape index (κ2) is 5.63. The summed E-state index contributed by atoms with van der Waals surface area (Å²) in [6.45, 7) is 0. The second-order valence-electron chi connectivity index (χ2n) is 5.69. The molecule has 6 nitrogen and oxygen atoms in total. The first kappa shape index (κ1) is 13.7. The van der Waals surface area contributed by atoms with Gasteiger partial charge in [0.1, 0.15) is 0 Å². The highest BCUT2D eigenvalue weighted by Crippen LogP contribution is 2.55. The molecule has 0 spiro atoms. The highest BCUT2D eigenvalue weighted by molar-refractivity contribution is 5.87. The molecular formula is C15H17N3O3. The van der Waals surface area contributed by atoms with Gasteiger partial charge >= 0.3 is 0 Å². The van der Waals surface area contributed by atoms with Crippen LogP contribution in [0.15, 0.2) is 29.4 Å². The van der Waals surface area contributed by atoms with E-state index in [2.05, 4.69) is 10.5 Å². The molecule has 0 aromatic heterocycles. The standard InChI is InChI=1S/C15H17N3O3/c19-15(14-11-6-2-3-7-12(11)14)17-16-9-10-5-1-4-8-13(10)18(20)21/h1,4-5,8-9,11-12,14H,2-3,6-7H2,(H,17,19)/t11-,12-/m1/s1. The van der Waals surface area contributed by atoms with E-state index in [4.69, 9.17) is 0 Å². The third-order valence-electron chi connectivity index (χ3n) is 4.47. The predicted octanol–water partition coefficient (Wildman–Crippen LogP) is 2.48. The van der Waals surface area contributed by atoms with Gasteiger partial charge in [0.25, 0.3) is 5.69 Å². The lowest BCUT2D eigenvalue weighted by atomic mass is 10.0. The Morgan fingerprint density at radius 1 is 1.29 bits per heavy atom. The lowest BCUT2D eigenvalue weighted by Gasteiger charge is -2.04. The Kier molecular flexibility index (Phi) is 3.68. The van der Waals surface area contributed by atoms with Gasteiger partial charge < -0.3 is 0 Å². The van der Waals surface area contributed by atoms with Crippen molar-refractivity contribution in [2.45, 2.75) is 25.7 Å². The average Bonchev–Trinajstić information content (AvgIpc) is 3.22. The van der Waals surface area contributed by atoms with Crippen molar-refractivity contribution in [3.63, 3.8) is 0 Å². The number of para-hydroxylation sites is 1. The summed E-state index contributed by atoms with van der Waals surface area (Å²) >= 11 is 0. The minimum absolute atomic E-state index is 0.0180. The zero-order chi connectivity index (χ0) is 14.8. The van der Waals surface area contributed by atoms with Crippen LogP contribution in [0.25, 0.3) is 0 Å². The molecule has 0 bridgehead atoms. The van der Waals surface area contributed by atoms with Crippen LogP contribution in [0.1, 0.15) is 31.2 Å². The van der Waals surface area contributed by atoms with Crippen molar-refractivity contribution in [1.82, 2.24) is 5.43 Å². The maximum atomic E-state index is 12.0. The minimum Gasteiger partial charge on any atom is -0.273 e. The topological polar surface area (TPSA) is 84.6 Å². The van der Waals surface area contributed by atoms with E-state index in [1.807, 2.05) is 0 Å². The fraction of sp³-hybridized carbons (Fsp3) is 0.467. The number of nitrogens with one attached hydrogen (secondary N) is 1. The molecule has 1 amide bonds. The molecule has 0 aliphatic heterocycles. The second-order valence-corrected chi connectivity index (χ2v) is 5.69. The number of benzene rings is 1. The van der Waals surface area contributed by atoms with Crippen molar-refractivity contribution >= 4 is 17.8 Å². The fourth-order valence-electron chi connectivity index (χ4n) is 3.38. The Morgan fingerprint density at radius 3 is 2.62 bits per heavy atom. The summed E-state index contributed by atoms with van der Waals surface area (Å²) in [5.41, 5.74) is 2.89. The molecule has 2 atom stereocenters. The molecule has 2 aliphatic carbocycles. The molecule has 1 aromatic rings. The van der Waals surface area contributed by atoms with E-state index in [9.17, 15) is 14.9 Å². The van der Waals surface area contributed by atoms with Crippen LogP contribution in [0.5, 0.6) is 0 Å². The number of nitro benzene ring substituents is 1. The van der Waals surface area contributed by atoms with Crippen LogP contribution in [-0.4, -0.2) is 17.0 Å². The Hall–Kier alpha value is -2.24. The zero-order valence-electron chi connectivity index (χ0n) is 11.6. The summed E-state index contributed by atoms with van der Waals surface area (Å²) in [4.78, 5) is 22.4. The summed E-state index contributed by atoms with van der Waals surface area (Å²) in [6.07, 6.45) is 6.03. The van der Waals surface area contributed by atoms with Crippen LogP contribution in [0.2, 0.25) is 0 Å². The first-order valence-electron chi connectivity index (χ1n) is 7.25. The quantitative estimate of drug-likeness (QED) is 0.524. The minimum atomic E-state index is -0.460. The highest BCUT2D eigenvalue weighted by atomic mass is 16.6. The first-order valence-corrected chi connectivity index (χ1v) is 7.25. The largest absolute Gasteiger partial charge is 0.278 e. The number of amides is 1. The van der Waals surface area contributed by atoms with E-state index in [0.29, 0.717) is 17.4 Å². The van der Waals surface area contributed by atoms with Crippen LogP contribution in [0.4, 0.5) is 5.69 Å². The van der Waals surface area contributed by atoms with Crippen molar-refractivity contribution in [3.8, 4) is 0 Å². The molecule has 3 rings (SSSR count). The Balaban J connectivity index is 1.60. The summed E-state index contributed by atoms with van der Waals surface area (Å²) in [6, 6.07) is 6.32. The van der Waals surface area contributed by atoms with Crippen LogP contribution < -0.4 is 5.43 Å². The molecule has 2 fully saturated rings. The third kappa shape index (κ3) is 2.79. The number of carbonyl (C=O) groups excluding carboxylic acids is 1. The van der Waals surface area contributed by atoms with Gasteiger partial charge in [-0.2, -0.15) is 5.10 Å². The van der Waals surface area contributed by atoms with Crippen molar-refractivity contribution in [2.24, 2.45) is 22.9 Å². The summed E-state index contributed by atoms with van der Waals surface area (Å²) < 4.78 is 0. The molecule has 0 radical (unpaired) electrons. The van der Waals surface area contributed by atoms with Gasteiger partial charge in [-0.05, 0) is 30.7 Å². The van der Waals surface area contributed by atoms with E-state index in [1.165, 1.54) is 25.1 Å². The SMILES string of the molecule is O=C(NN=Cc1ccccc1[N+](=O)[O-])C1[C@@H]2CCCC[C@@H]12. The van der Waals surface area contributed by atoms with Crippen LogP contribution in [-0.2, 0) is 4.79 Å². The predicted molar refractivity (Wildman–Crippen MR) is 77.8 cm³/mol.